The molecule has 1 aromatic carbocycles. The number of carbonyl (C=O) groups excluding carboxylic acids is 1. The van der Waals surface area contributed by atoms with Gasteiger partial charge in [0, 0.05) is 4.47 Å². The predicted octanol–water partition coefficient (Wildman–Crippen LogP) is 1.25. The molecule has 1 rings (SSSR count). The van der Waals surface area contributed by atoms with Crippen molar-refractivity contribution in [3.05, 3.63) is 34.1 Å². The fraction of sp³-hybridized carbons (Fsp3) is 0.222. The van der Waals surface area contributed by atoms with Crippen LogP contribution in [0.1, 0.15) is 12.5 Å². The van der Waals surface area contributed by atoms with Crippen LogP contribution in [-0.2, 0) is 10.3 Å². The zero-order valence-electron chi connectivity index (χ0n) is 7.55. The lowest BCUT2D eigenvalue weighted by Gasteiger charge is -2.22. The molecule has 0 saturated heterocycles. The summed E-state index contributed by atoms with van der Waals surface area (Å²) in [6, 6.07) is 3.90. The van der Waals surface area contributed by atoms with Crippen LogP contribution >= 0.6 is 15.9 Å². The van der Waals surface area contributed by atoms with Crippen LogP contribution in [0.5, 0.6) is 0 Å². The molecule has 0 bridgehead atoms. The third-order valence-electron chi connectivity index (χ3n) is 2.00. The number of nitrogens with two attached hydrogens (primary N) is 2. The summed E-state index contributed by atoms with van der Waals surface area (Å²) in [7, 11) is 0. The zero-order valence-corrected chi connectivity index (χ0v) is 9.14. The van der Waals surface area contributed by atoms with Crippen molar-refractivity contribution in [2.45, 2.75) is 12.5 Å². The summed E-state index contributed by atoms with van der Waals surface area (Å²) in [6.07, 6.45) is 0. The molecule has 3 nitrogen and oxygen atoms in total. The van der Waals surface area contributed by atoms with Gasteiger partial charge in [0.05, 0.1) is 0 Å². The van der Waals surface area contributed by atoms with E-state index >= 15 is 0 Å². The predicted molar refractivity (Wildman–Crippen MR) is 54.8 cm³/mol. The highest BCUT2D eigenvalue weighted by Crippen LogP contribution is 2.26. The molecule has 0 aromatic heterocycles. The largest absolute Gasteiger partial charge is 0.368 e. The van der Waals surface area contributed by atoms with E-state index in [2.05, 4.69) is 15.9 Å². The van der Waals surface area contributed by atoms with Gasteiger partial charge in [-0.05, 0) is 24.6 Å². The lowest BCUT2D eigenvalue weighted by Crippen LogP contribution is -2.46. The van der Waals surface area contributed by atoms with Crippen molar-refractivity contribution in [1.82, 2.24) is 0 Å². The summed E-state index contributed by atoms with van der Waals surface area (Å²) in [5.74, 6) is -1.06. The fourth-order valence-electron chi connectivity index (χ4n) is 1.04. The van der Waals surface area contributed by atoms with E-state index in [1.807, 2.05) is 0 Å². The minimum absolute atomic E-state index is 0.402. The molecule has 0 aliphatic rings. The molecule has 0 spiro atoms. The van der Waals surface area contributed by atoms with E-state index in [-0.39, 0.29) is 0 Å². The van der Waals surface area contributed by atoms with Crippen molar-refractivity contribution in [3.8, 4) is 0 Å². The number of hydrogen-bond acceptors (Lipinski definition) is 2. The van der Waals surface area contributed by atoms with Gasteiger partial charge in [-0.3, -0.25) is 4.79 Å². The molecule has 0 aliphatic heterocycles. The van der Waals surface area contributed by atoms with Crippen LogP contribution in [0.25, 0.3) is 0 Å². The Kier molecular flexibility index (Phi) is 2.92. The summed E-state index contributed by atoms with van der Waals surface area (Å²) in [5.41, 5.74) is 10.0. The Balaban J connectivity index is 3.26. The number of benzene rings is 1. The summed E-state index contributed by atoms with van der Waals surface area (Å²) in [5, 5.41) is 0. The van der Waals surface area contributed by atoms with E-state index in [4.69, 9.17) is 11.5 Å². The maximum Gasteiger partial charge on any atom is 0.241 e. The standard InChI is InChI=1S/C9H10BrFN2O/c1-9(13,8(12)14)6-3-2-5(11)4-7(6)10/h2-4H,13H2,1H3,(H2,12,14). The van der Waals surface area contributed by atoms with Crippen LogP contribution in [0.2, 0.25) is 0 Å². The van der Waals surface area contributed by atoms with Gasteiger partial charge < -0.3 is 11.5 Å². The third-order valence-corrected chi connectivity index (χ3v) is 2.66. The Morgan fingerprint density at radius 2 is 2.14 bits per heavy atom. The molecule has 0 aliphatic carbocycles. The molecule has 1 amide bonds. The minimum atomic E-state index is -1.30. The third kappa shape index (κ3) is 1.93. The van der Waals surface area contributed by atoms with Crippen LogP contribution < -0.4 is 11.5 Å². The highest BCUT2D eigenvalue weighted by molar-refractivity contribution is 9.10. The van der Waals surface area contributed by atoms with Gasteiger partial charge in [0.25, 0.3) is 0 Å². The molecule has 14 heavy (non-hydrogen) atoms. The van der Waals surface area contributed by atoms with Crippen molar-refractivity contribution in [1.29, 1.82) is 0 Å². The topological polar surface area (TPSA) is 69.1 Å². The molecule has 0 radical (unpaired) electrons. The summed E-state index contributed by atoms with van der Waals surface area (Å²) in [4.78, 5) is 11.0. The second kappa shape index (κ2) is 3.67. The van der Waals surface area contributed by atoms with Gasteiger partial charge in [0.15, 0.2) is 0 Å². The molecular formula is C9H10BrFN2O. The van der Waals surface area contributed by atoms with E-state index in [1.54, 1.807) is 0 Å². The molecule has 0 heterocycles. The monoisotopic (exact) mass is 260 g/mol. The Hall–Kier alpha value is -0.940. The molecule has 4 N–H and O–H groups in total. The summed E-state index contributed by atoms with van der Waals surface area (Å²) >= 11 is 3.12. The molecule has 1 aromatic rings. The van der Waals surface area contributed by atoms with Crippen molar-refractivity contribution >= 4 is 21.8 Å². The van der Waals surface area contributed by atoms with Crippen molar-refractivity contribution in [2.24, 2.45) is 11.5 Å². The minimum Gasteiger partial charge on any atom is -0.368 e. The average molecular weight is 261 g/mol. The lowest BCUT2D eigenvalue weighted by molar-refractivity contribution is -0.122. The maximum atomic E-state index is 12.7. The molecule has 0 saturated carbocycles. The van der Waals surface area contributed by atoms with Crippen LogP contribution in [0.15, 0.2) is 22.7 Å². The average Bonchev–Trinajstić information content (AvgIpc) is 2.02. The Morgan fingerprint density at radius 1 is 1.57 bits per heavy atom. The first-order chi connectivity index (χ1) is 6.35. The van der Waals surface area contributed by atoms with Crippen molar-refractivity contribution in [2.75, 3.05) is 0 Å². The first kappa shape index (κ1) is 11.1. The first-order valence-electron chi connectivity index (χ1n) is 3.90. The van der Waals surface area contributed by atoms with Gasteiger partial charge in [-0.2, -0.15) is 0 Å². The second-order valence-electron chi connectivity index (χ2n) is 3.19. The second-order valence-corrected chi connectivity index (χ2v) is 4.05. The van der Waals surface area contributed by atoms with Crippen LogP contribution in [0, 0.1) is 5.82 Å². The zero-order chi connectivity index (χ0) is 10.9. The van der Waals surface area contributed by atoms with Gasteiger partial charge >= 0.3 is 0 Å². The van der Waals surface area contributed by atoms with E-state index in [0.717, 1.165) is 0 Å². The smallest absolute Gasteiger partial charge is 0.241 e. The van der Waals surface area contributed by atoms with Gasteiger partial charge in [0.1, 0.15) is 11.4 Å². The number of hydrogen-bond donors (Lipinski definition) is 2. The van der Waals surface area contributed by atoms with Gasteiger partial charge in [0.2, 0.25) is 5.91 Å². The normalized spacial score (nSPS) is 14.9. The van der Waals surface area contributed by atoms with Crippen LogP contribution in [0.3, 0.4) is 0 Å². The van der Waals surface area contributed by atoms with Crippen molar-refractivity contribution < 1.29 is 9.18 Å². The molecule has 76 valence electrons. The van der Waals surface area contributed by atoms with Crippen LogP contribution in [0.4, 0.5) is 4.39 Å². The number of primary amides is 1. The molecule has 0 fully saturated rings. The van der Waals surface area contributed by atoms with E-state index in [9.17, 15) is 9.18 Å². The van der Waals surface area contributed by atoms with Gasteiger partial charge in [-0.1, -0.05) is 22.0 Å². The molecule has 1 unspecified atom stereocenters. The first-order valence-corrected chi connectivity index (χ1v) is 4.69. The highest BCUT2D eigenvalue weighted by atomic mass is 79.9. The van der Waals surface area contributed by atoms with Crippen LogP contribution in [-0.4, -0.2) is 5.91 Å². The van der Waals surface area contributed by atoms with Gasteiger partial charge in [-0.25, -0.2) is 4.39 Å². The Labute approximate surface area is 89.4 Å². The molecule has 5 heteroatoms. The van der Waals surface area contributed by atoms with E-state index in [0.29, 0.717) is 10.0 Å². The Morgan fingerprint density at radius 3 is 2.57 bits per heavy atom. The lowest BCUT2D eigenvalue weighted by atomic mass is 9.93. The number of amides is 1. The van der Waals surface area contributed by atoms with E-state index < -0.39 is 17.3 Å². The number of carbonyl (C=O) groups is 1. The SMILES string of the molecule is CC(N)(C(N)=O)c1ccc(F)cc1Br. The molecular weight excluding hydrogens is 251 g/mol. The highest BCUT2D eigenvalue weighted by Gasteiger charge is 2.30. The summed E-state index contributed by atoms with van der Waals surface area (Å²) in [6.45, 7) is 1.48. The summed E-state index contributed by atoms with van der Waals surface area (Å²) < 4.78 is 13.2. The van der Waals surface area contributed by atoms with E-state index in [1.165, 1.54) is 25.1 Å². The quantitative estimate of drug-likeness (QED) is 0.841. The maximum absolute atomic E-state index is 12.7. The van der Waals surface area contributed by atoms with Crippen molar-refractivity contribution in [3.63, 3.8) is 0 Å². The van der Waals surface area contributed by atoms with Gasteiger partial charge in [-0.15, -0.1) is 0 Å². The Bertz CT molecular complexity index is 379. The number of halogens is 2. The number of rotatable bonds is 2. The molecule has 1 atom stereocenters. The fourth-order valence-corrected chi connectivity index (χ4v) is 1.81.